The minimum Gasteiger partial charge on any atom is -0.398 e. The number of carbonyl (C=O) groups excluding carboxylic acids is 1. The van der Waals surface area contributed by atoms with Crippen molar-refractivity contribution < 1.29 is 13.2 Å². The molecule has 1 aromatic carbocycles. The summed E-state index contributed by atoms with van der Waals surface area (Å²) in [5.74, 6) is -0.202. The molecular formula is C12H19N3O3S. The normalized spacial score (nSPS) is 11.6. The van der Waals surface area contributed by atoms with Crippen molar-refractivity contribution in [3.63, 3.8) is 0 Å². The summed E-state index contributed by atoms with van der Waals surface area (Å²) in [6.45, 7) is 1.78. The molecule has 19 heavy (non-hydrogen) atoms. The van der Waals surface area contributed by atoms with Gasteiger partial charge in [-0.2, -0.15) is 0 Å². The number of nitrogens with zero attached hydrogens (tertiary/aromatic N) is 1. The first-order chi connectivity index (χ1) is 8.80. The lowest BCUT2D eigenvalue weighted by molar-refractivity contribution is -0.120. The van der Waals surface area contributed by atoms with E-state index < -0.39 is 10.0 Å². The Morgan fingerprint density at radius 2 is 2.05 bits per heavy atom. The number of nitrogens with two attached hydrogens (primary N) is 1. The molecule has 0 radical (unpaired) electrons. The van der Waals surface area contributed by atoms with Crippen molar-refractivity contribution in [1.82, 2.24) is 9.62 Å². The van der Waals surface area contributed by atoms with Crippen LogP contribution in [0.5, 0.6) is 0 Å². The average molecular weight is 285 g/mol. The average Bonchev–Trinajstić information content (AvgIpc) is 2.38. The number of anilines is 1. The molecule has 0 bridgehead atoms. The van der Waals surface area contributed by atoms with E-state index in [1.54, 1.807) is 19.1 Å². The maximum atomic E-state index is 12.3. The van der Waals surface area contributed by atoms with E-state index >= 15 is 0 Å². The number of hydrogen-bond acceptors (Lipinski definition) is 4. The Hall–Kier alpha value is -1.60. The van der Waals surface area contributed by atoms with E-state index in [1.165, 1.54) is 20.2 Å². The zero-order chi connectivity index (χ0) is 14.6. The van der Waals surface area contributed by atoms with E-state index in [4.69, 9.17) is 5.73 Å². The van der Waals surface area contributed by atoms with Crippen LogP contribution in [-0.4, -0.2) is 39.3 Å². The second kappa shape index (κ2) is 6.03. The minimum absolute atomic E-state index is 0.119. The van der Waals surface area contributed by atoms with Gasteiger partial charge in [-0.1, -0.05) is 6.07 Å². The smallest absolute Gasteiger partial charge is 0.243 e. The molecule has 0 heterocycles. The van der Waals surface area contributed by atoms with E-state index in [1.807, 2.05) is 0 Å². The highest BCUT2D eigenvalue weighted by atomic mass is 32.2. The van der Waals surface area contributed by atoms with E-state index in [0.29, 0.717) is 11.3 Å². The summed E-state index contributed by atoms with van der Waals surface area (Å²) in [4.78, 5) is 11.3. The summed E-state index contributed by atoms with van der Waals surface area (Å²) in [6.07, 6.45) is 0.119. The van der Waals surface area contributed by atoms with Gasteiger partial charge in [-0.3, -0.25) is 4.79 Å². The fraction of sp³-hybridized carbons (Fsp3) is 0.417. The maximum absolute atomic E-state index is 12.3. The Bertz CT molecular complexity index is 570. The Morgan fingerprint density at radius 1 is 1.42 bits per heavy atom. The molecule has 0 saturated carbocycles. The molecule has 0 fully saturated rings. The van der Waals surface area contributed by atoms with Crippen molar-refractivity contribution in [3.8, 4) is 0 Å². The first-order valence-corrected chi connectivity index (χ1v) is 7.26. The Balaban J connectivity index is 2.97. The van der Waals surface area contributed by atoms with Gasteiger partial charge in [-0.15, -0.1) is 0 Å². The monoisotopic (exact) mass is 285 g/mol. The zero-order valence-electron chi connectivity index (χ0n) is 11.3. The maximum Gasteiger partial charge on any atom is 0.243 e. The Kier molecular flexibility index (Phi) is 4.90. The summed E-state index contributed by atoms with van der Waals surface area (Å²) < 4.78 is 25.8. The highest BCUT2D eigenvalue weighted by Gasteiger charge is 2.23. The number of benzene rings is 1. The molecule has 0 aliphatic rings. The number of amides is 1. The van der Waals surface area contributed by atoms with Gasteiger partial charge in [-0.25, -0.2) is 12.7 Å². The molecular weight excluding hydrogens is 266 g/mol. The number of nitrogen functional groups attached to an aromatic ring is 1. The van der Waals surface area contributed by atoms with Crippen LogP contribution < -0.4 is 11.1 Å². The van der Waals surface area contributed by atoms with Crippen molar-refractivity contribution in [2.24, 2.45) is 0 Å². The third-order valence-electron chi connectivity index (χ3n) is 2.95. The van der Waals surface area contributed by atoms with Gasteiger partial charge in [-0.05, 0) is 24.6 Å². The summed E-state index contributed by atoms with van der Waals surface area (Å²) >= 11 is 0. The molecule has 7 heteroatoms. The van der Waals surface area contributed by atoms with Crippen LogP contribution in [0.3, 0.4) is 0 Å². The Morgan fingerprint density at radius 3 is 2.63 bits per heavy atom. The number of carbonyl (C=O) groups is 1. The molecule has 3 N–H and O–H groups in total. The van der Waals surface area contributed by atoms with Crippen LogP contribution in [0.2, 0.25) is 0 Å². The predicted octanol–water partition coefficient (Wildman–Crippen LogP) is 0.334. The lowest BCUT2D eigenvalue weighted by Crippen LogP contribution is -2.31. The quantitative estimate of drug-likeness (QED) is 0.763. The molecule has 0 aliphatic heterocycles. The standard InChI is InChI=1S/C12H19N3O3S/c1-9-10(13)5-4-6-11(9)19(17,18)15(3)8-7-12(16)14-2/h4-6H,7-8,13H2,1-3H3,(H,14,16). The summed E-state index contributed by atoms with van der Waals surface area (Å²) in [7, 11) is -0.665. The van der Waals surface area contributed by atoms with Gasteiger partial charge in [0, 0.05) is 32.7 Å². The first kappa shape index (κ1) is 15.5. The van der Waals surface area contributed by atoms with Gasteiger partial charge in [0.25, 0.3) is 0 Å². The van der Waals surface area contributed by atoms with E-state index in [2.05, 4.69) is 5.32 Å². The second-order valence-corrected chi connectivity index (χ2v) is 6.23. The molecule has 0 spiro atoms. The molecule has 0 atom stereocenters. The molecule has 0 unspecified atom stereocenters. The van der Waals surface area contributed by atoms with Crippen molar-refractivity contribution in [1.29, 1.82) is 0 Å². The van der Waals surface area contributed by atoms with E-state index in [0.717, 1.165) is 4.31 Å². The van der Waals surface area contributed by atoms with Gasteiger partial charge in [0.05, 0.1) is 4.90 Å². The third kappa shape index (κ3) is 3.45. The Labute approximate surface area is 113 Å². The largest absolute Gasteiger partial charge is 0.398 e. The van der Waals surface area contributed by atoms with Crippen LogP contribution in [0.25, 0.3) is 0 Å². The van der Waals surface area contributed by atoms with Gasteiger partial charge in [0.1, 0.15) is 0 Å². The third-order valence-corrected chi connectivity index (χ3v) is 4.95. The first-order valence-electron chi connectivity index (χ1n) is 5.82. The molecule has 0 aromatic heterocycles. The van der Waals surface area contributed by atoms with Crippen LogP contribution in [0.1, 0.15) is 12.0 Å². The lowest BCUT2D eigenvalue weighted by atomic mass is 10.2. The SMILES string of the molecule is CNC(=O)CCN(C)S(=O)(=O)c1cccc(N)c1C. The number of rotatable bonds is 5. The lowest BCUT2D eigenvalue weighted by Gasteiger charge is -2.18. The number of hydrogen-bond donors (Lipinski definition) is 2. The van der Waals surface area contributed by atoms with E-state index in [-0.39, 0.29) is 23.8 Å². The molecule has 0 saturated heterocycles. The van der Waals surface area contributed by atoms with Gasteiger partial charge in [0.2, 0.25) is 15.9 Å². The second-order valence-electron chi connectivity index (χ2n) is 4.22. The van der Waals surface area contributed by atoms with Crippen molar-refractivity contribution >= 4 is 21.6 Å². The topological polar surface area (TPSA) is 92.5 Å². The minimum atomic E-state index is -3.62. The van der Waals surface area contributed by atoms with Crippen LogP contribution in [0, 0.1) is 6.92 Å². The van der Waals surface area contributed by atoms with Crippen molar-refractivity contribution in [3.05, 3.63) is 23.8 Å². The fourth-order valence-electron chi connectivity index (χ4n) is 1.58. The summed E-state index contributed by atoms with van der Waals surface area (Å²) in [6, 6.07) is 4.76. The van der Waals surface area contributed by atoms with E-state index in [9.17, 15) is 13.2 Å². The van der Waals surface area contributed by atoms with Gasteiger partial charge in [0.15, 0.2) is 0 Å². The fourth-order valence-corrected chi connectivity index (χ4v) is 3.01. The van der Waals surface area contributed by atoms with Crippen LogP contribution in [-0.2, 0) is 14.8 Å². The molecule has 1 amide bonds. The predicted molar refractivity (Wildman–Crippen MR) is 74.1 cm³/mol. The molecule has 0 aliphatic carbocycles. The zero-order valence-corrected chi connectivity index (χ0v) is 12.1. The molecule has 1 aromatic rings. The molecule has 106 valence electrons. The van der Waals surface area contributed by atoms with Crippen LogP contribution >= 0.6 is 0 Å². The van der Waals surface area contributed by atoms with Crippen molar-refractivity contribution in [2.75, 3.05) is 26.4 Å². The molecule has 6 nitrogen and oxygen atoms in total. The van der Waals surface area contributed by atoms with Crippen LogP contribution in [0.4, 0.5) is 5.69 Å². The van der Waals surface area contributed by atoms with Gasteiger partial charge >= 0.3 is 0 Å². The van der Waals surface area contributed by atoms with Crippen molar-refractivity contribution in [2.45, 2.75) is 18.2 Å². The van der Waals surface area contributed by atoms with Crippen LogP contribution in [0.15, 0.2) is 23.1 Å². The summed E-state index contributed by atoms with van der Waals surface area (Å²) in [5.41, 5.74) is 6.67. The highest BCUT2D eigenvalue weighted by Crippen LogP contribution is 2.23. The number of sulfonamides is 1. The highest BCUT2D eigenvalue weighted by molar-refractivity contribution is 7.89. The summed E-state index contributed by atoms with van der Waals surface area (Å²) in [5, 5.41) is 2.45. The van der Waals surface area contributed by atoms with Gasteiger partial charge < -0.3 is 11.1 Å². The number of nitrogens with one attached hydrogen (secondary N) is 1. The molecule has 1 rings (SSSR count).